The van der Waals surface area contributed by atoms with Gasteiger partial charge in [-0.15, -0.1) is 0 Å². The molecule has 0 aliphatic carbocycles. The molecule has 0 atom stereocenters. The first-order valence-electron chi connectivity index (χ1n) is 9.52. The maximum Gasteiger partial charge on any atom is 0.322 e. The molecule has 4 aromatic rings. The highest BCUT2D eigenvalue weighted by Crippen LogP contribution is 2.28. The molecule has 0 fully saturated rings. The van der Waals surface area contributed by atoms with Crippen molar-refractivity contribution in [3.05, 3.63) is 71.0 Å². The number of halogens is 1. The number of imidazole rings is 1. The van der Waals surface area contributed by atoms with Crippen molar-refractivity contribution in [3.63, 3.8) is 0 Å². The Hall–Kier alpha value is -3.92. The number of anilines is 2. The summed E-state index contributed by atoms with van der Waals surface area (Å²) in [4.78, 5) is 31.2. The number of ether oxygens (including phenoxy) is 1. The average Bonchev–Trinajstić information content (AvgIpc) is 3.08. The second kappa shape index (κ2) is 9.06. The molecule has 4 rings (SSSR count). The first-order chi connectivity index (χ1) is 15.4. The molecule has 9 nitrogen and oxygen atoms in total. The van der Waals surface area contributed by atoms with Crippen LogP contribution in [0, 0.1) is 0 Å². The van der Waals surface area contributed by atoms with Gasteiger partial charge in [-0.25, -0.2) is 4.98 Å². The molecule has 0 aliphatic heterocycles. The topological polar surface area (TPSA) is 118 Å². The number of hydrogen-bond donors (Lipinski definition) is 3. The number of amides is 1. The Kier molecular flexibility index (Phi) is 6.04. The third kappa shape index (κ3) is 4.86. The molecule has 32 heavy (non-hydrogen) atoms. The third-order valence-corrected chi connectivity index (χ3v) is 5.08. The summed E-state index contributed by atoms with van der Waals surface area (Å²) in [6, 6.07) is 16.3. The lowest BCUT2D eigenvalue weighted by atomic mass is 10.3. The van der Waals surface area contributed by atoms with Crippen molar-refractivity contribution in [2.24, 2.45) is 7.05 Å². The van der Waals surface area contributed by atoms with Gasteiger partial charge in [0.15, 0.2) is 0 Å². The van der Waals surface area contributed by atoms with Gasteiger partial charge in [0, 0.05) is 35.5 Å². The van der Waals surface area contributed by atoms with E-state index in [1.54, 1.807) is 18.2 Å². The normalized spacial score (nSPS) is 10.7. The minimum absolute atomic E-state index is 0.0589. The number of aryl methyl sites for hydroxylation is 1. The van der Waals surface area contributed by atoms with Crippen LogP contribution in [0.3, 0.4) is 0 Å². The number of carbonyl (C=O) groups is 2. The van der Waals surface area contributed by atoms with Crippen molar-refractivity contribution < 1.29 is 19.4 Å². The van der Waals surface area contributed by atoms with Crippen LogP contribution in [0.15, 0.2) is 65.3 Å². The molecule has 2 heterocycles. The van der Waals surface area contributed by atoms with Crippen molar-refractivity contribution in [3.8, 4) is 11.5 Å². The molecule has 0 radical (unpaired) electrons. The highest BCUT2D eigenvalue weighted by atomic mass is 79.9. The molecule has 3 N–H and O–H groups in total. The van der Waals surface area contributed by atoms with Gasteiger partial charge in [0.1, 0.15) is 23.7 Å². The van der Waals surface area contributed by atoms with Crippen LogP contribution in [0.1, 0.15) is 10.5 Å². The van der Waals surface area contributed by atoms with Gasteiger partial charge in [-0.05, 0) is 42.5 Å². The van der Waals surface area contributed by atoms with Crippen LogP contribution in [0.4, 0.5) is 11.6 Å². The number of carboxylic acids is 1. The van der Waals surface area contributed by atoms with Crippen molar-refractivity contribution >= 4 is 50.5 Å². The molecule has 0 bridgehead atoms. The molecule has 0 spiro atoms. The number of hydrogen-bond acceptors (Lipinski definition) is 6. The summed E-state index contributed by atoms with van der Waals surface area (Å²) in [5, 5.41) is 14.2. The zero-order valence-electron chi connectivity index (χ0n) is 16.9. The Bertz CT molecular complexity index is 1300. The van der Waals surface area contributed by atoms with Crippen LogP contribution in [0.2, 0.25) is 0 Å². The Morgan fingerprint density at radius 2 is 1.84 bits per heavy atom. The van der Waals surface area contributed by atoms with E-state index < -0.39 is 18.4 Å². The molecule has 0 unspecified atom stereocenters. The fourth-order valence-corrected chi connectivity index (χ4v) is 3.26. The van der Waals surface area contributed by atoms with E-state index in [9.17, 15) is 9.59 Å². The first-order valence-corrected chi connectivity index (χ1v) is 10.3. The summed E-state index contributed by atoms with van der Waals surface area (Å²) < 4.78 is 8.81. The summed E-state index contributed by atoms with van der Waals surface area (Å²) in [7, 11) is 1.92. The van der Waals surface area contributed by atoms with E-state index >= 15 is 0 Å². The third-order valence-electron chi connectivity index (χ3n) is 4.55. The number of nitrogens with one attached hydrogen (secondary N) is 2. The van der Waals surface area contributed by atoms with Crippen LogP contribution >= 0.6 is 15.9 Å². The van der Waals surface area contributed by atoms with E-state index in [-0.39, 0.29) is 5.69 Å². The van der Waals surface area contributed by atoms with Gasteiger partial charge in [0.2, 0.25) is 5.95 Å². The fraction of sp³-hybridized carbons (Fsp3) is 0.0909. The van der Waals surface area contributed by atoms with Gasteiger partial charge in [0.25, 0.3) is 5.91 Å². The number of benzene rings is 2. The SMILES string of the molecule is Cn1c(Nc2ccc(Br)cc2)nc2cc(Oc3ccnc(C(=O)NCC(=O)O)c3)ccc21. The molecular weight excluding hydrogens is 478 g/mol. The summed E-state index contributed by atoms with van der Waals surface area (Å²) in [6.45, 7) is -0.488. The molecule has 162 valence electrons. The van der Waals surface area contributed by atoms with Gasteiger partial charge in [-0.3, -0.25) is 14.6 Å². The molecule has 0 saturated heterocycles. The Morgan fingerprint density at radius 1 is 1.09 bits per heavy atom. The van der Waals surface area contributed by atoms with Crippen LogP contribution in [0.5, 0.6) is 11.5 Å². The molecule has 2 aromatic carbocycles. The predicted octanol–water partition coefficient (Wildman–Crippen LogP) is 4.08. The monoisotopic (exact) mass is 495 g/mol. The van der Waals surface area contributed by atoms with Gasteiger partial charge in [-0.1, -0.05) is 15.9 Å². The van der Waals surface area contributed by atoms with E-state index in [0.29, 0.717) is 17.4 Å². The van der Waals surface area contributed by atoms with Crippen LogP contribution in [-0.4, -0.2) is 38.1 Å². The lowest BCUT2D eigenvalue weighted by Gasteiger charge is -2.08. The molecule has 2 aromatic heterocycles. The quantitative estimate of drug-likeness (QED) is 0.353. The number of pyridine rings is 1. The van der Waals surface area contributed by atoms with Crippen molar-refractivity contribution in [1.82, 2.24) is 19.9 Å². The number of rotatable bonds is 7. The van der Waals surface area contributed by atoms with E-state index in [1.165, 1.54) is 12.3 Å². The van der Waals surface area contributed by atoms with Crippen LogP contribution in [0.25, 0.3) is 11.0 Å². The predicted molar refractivity (Wildman–Crippen MR) is 122 cm³/mol. The number of fused-ring (bicyclic) bond motifs is 1. The van der Waals surface area contributed by atoms with Crippen molar-refractivity contribution in [1.29, 1.82) is 0 Å². The second-order valence-corrected chi connectivity index (χ2v) is 7.75. The average molecular weight is 496 g/mol. The van der Waals surface area contributed by atoms with E-state index in [0.717, 1.165) is 21.2 Å². The summed E-state index contributed by atoms with van der Waals surface area (Å²) in [5.74, 6) is -0.122. The zero-order chi connectivity index (χ0) is 22.7. The molecular formula is C22H18BrN5O4. The van der Waals surface area contributed by atoms with Crippen LogP contribution in [-0.2, 0) is 11.8 Å². The van der Waals surface area contributed by atoms with Crippen LogP contribution < -0.4 is 15.4 Å². The number of aliphatic carboxylic acids is 1. The largest absolute Gasteiger partial charge is 0.480 e. The molecule has 10 heteroatoms. The summed E-state index contributed by atoms with van der Waals surface area (Å²) in [6.07, 6.45) is 1.42. The lowest BCUT2D eigenvalue weighted by molar-refractivity contribution is -0.135. The van der Waals surface area contributed by atoms with Gasteiger partial charge >= 0.3 is 5.97 Å². The Balaban J connectivity index is 1.53. The standard InChI is InChI=1S/C22H18BrN5O4/c1-28-19-7-6-15(10-17(19)27-22(28)26-14-4-2-13(23)3-5-14)32-16-8-9-24-18(11-16)21(31)25-12-20(29)30/h2-11H,12H2,1H3,(H,25,31)(H,26,27)(H,29,30). The fourth-order valence-electron chi connectivity index (χ4n) is 3.00. The number of carbonyl (C=O) groups excluding carboxylic acids is 1. The minimum Gasteiger partial charge on any atom is -0.480 e. The number of nitrogens with zero attached hydrogens (tertiary/aromatic N) is 3. The number of aromatic nitrogens is 3. The molecule has 0 saturated carbocycles. The zero-order valence-corrected chi connectivity index (χ0v) is 18.5. The Labute approximate surface area is 191 Å². The van der Waals surface area contributed by atoms with E-state index in [2.05, 4.69) is 36.5 Å². The number of carboxylic acid groups (broad SMARTS) is 1. The molecule has 1 amide bonds. The van der Waals surface area contributed by atoms with E-state index in [1.807, 2.05) is 41.9 Å². The highest BCUT2D eigenvalue weighted by Gasteiger charge is 2.12. The highest BCUT2D eigenvalue weighted by molar-refractivity contribution is 9.10. The summed E-state index contributed by atoms with van der Waals surface area (Å²) in [5.41, 5.74) is 2.62. The van der Waals surface area contributed by atoms with Gasteiger partial charge < -0.3 is 25.0 Å². The lowest BCUT2D eigenvalue weighted by Crippen LogP contribution is -2.29. The Morgan fingerprint density at radius 3 is 2.59 bits per heavy atom. The summed E-state index contributed by atoms with van der Waals surface area (Å²) >= 11 is 3.42. The maximum atomic E-state index is 12.0. The van der Waals surface area contributed by atoms with Gasteiger partial charge in [-0.2, -0.15) is 0 Å². The van der Waals surface area contributed by atoms with Gasteiger partial charge in [0.05, 0.1) is 11.0 Å². The van der Waals surface area contributed by atoms with Crippen molar-refractivity contribution in [2.45, 2.75) is 0 Å². The first kappa shape index (κ1) is 21.3. The van der Waals surface area contributed by atoms with Crippen molar-refractivity contribution in [2.75, 3.05) is 11.9 Å². The molecule has 0 aliphatic rings. The maximum absolute atomic E-state index is 12.0. The van der Waals surface area contributed by atoms with E-state index in [4.69, 9.17) is 9.84 Å². The second-order valence-electron chi connectivity index (χ2n) is 6.83. The smallest absolute Gasteiger partial charge is 0.322 e. The minimum atomic E-state index is -1.14.